The molecule has 0 saturated carbocycles. The van der Waals surface area contributed by atoms with Gasteiger partial charge in [-0.2, -0.15) is 9.78 Å². The first-order valence-electron chi connectivity index (χ1n) is 11.2. The standard InChI is InChI=1S/C24H24Br2N4O6/c1-4-6-7-21-28-19-9-8-16(25)11-18(19)23(31)29(21)27-13-15-10-17(26)12-20(30(33)34)22(15)36-14(3)24(32)35-5-2/h8-14H,4-7H2,1-3H3/t14-/m1/s1. The summed E-state index contributed by atoms with van der Waals surface area (Å²) in [6, 6.07) is 8.04. The maximum Gasteiger partial charge on any atom is 0.347 e. The lowest BCUT2D eigenvalue weighted by atomic mass is 10.2. The fraction of sp³-hybridized carbons (Fsp3) is 0.333. The second kappa shape index (κ2) is 12.2. The number of nitro groups is 1. The van der Waals surface area contributed by atoms with E-state index in [4.69, 9.17) is 9.47 Å². The molecule has 2 aromatic carbocycles. The number of rotatable bonds is 10. The third-order valence-electron chi connectivity index (χ3n) is 5.11. The van der Waals surface area contributed by atoms with Crippen molar-refractivity contribution in [2.45, 2.75) is 46.1 Å². The Morgan fingerprint density at radius 1 is 1.25 bits per heavy atom. The zero-order valence-corrected chi connectivity index (χ0v) is 23.0. The molecule has 0 amide bonds. The van der Waals surface area contributed by atoms with Gasteiger partial charge < -0.3 is 9.47 Å². The van der Waals surface area contributed by atoms with Gasteiger partial charge in [-0.25, -0.2) is 9.78 Å². The SMILES string of the molecule is CCCCc1nc2ccc(Br)cc2c(=O)n1N=Cc1cc(Br)cc([N+](=O)[O-])c1O[C@H](C)C(=O)OCC. The second-order valence-electron chi connectivity index (χ2n) is 7.77. The van der Waals surface area contributed by atoms with Gasteiger partial charge in [-0.3, -0.25) is 14.9 Å². The smallest absolute Gasteiger partial charge is 0.347 e. The van der Waals surface area contributed by atoms with Crippen LogP contribution in [0.15, 0.2) is 49.2 Å². The molecule has 3 rings (SSSR count). The maximum absolute atomic E-state index is 13.3. The number of halogens is 2. The van der Waals surface area contributed by atoms with E-state index in [-0.39, 0.29) is 29.2 Å². The lowest BCUT2D eigenvalue weighted by Crippen LogP contribution is -2.27. The van der Waals surface area contributed by atoms with Crippen molar-refractivity contribution in [3.8, 4) is 5.75 Å². The average molecular weight is 624 g/mol. The fourth-order valence-electron chi connectivity index (χ4n) is 3.37. The van der Waals surface area contributed by atoms with Crippen LogP contribution < -0.4 is 10.3 Å². The van der Waals surface area contributed by atoms with E-state index >= 15 is 0 Å². The Hall–Kier alpha value is -3.12. The Bertz CT molecular complexity index is 1390. The first kappa shape index (κ1) is 27.5. The lowest BCUT2D eigenvalue weighted by Gasteiger charge is -2.15. The third-order valence-corrected chi connectivity index (χ3v) is 6.07. The minimum Gasteiger partial charge on any atom is -0.471 e. The number of aryl methyl sites for hydroxylation is 1. The van der Waals surface area contributed by atoms with Crippen LogP contribution >= 0.6 is 31.9 Å². The van der Waals surface area contributed by atoms with Gasteiger partial charge in [0.15, 0.2) is 6.10 Å². The molecule has 0 spiro atoms. The van der Waals surface area contributed by atoms with Crippen molar-refractivity contribution in [1.82, 2.24) is 9.66 Å². The van der Waals surface area contributed by atoms with Crippen molar-refractivity contribution >= 4 is 60.6 Å². The highest BCUT2D eigenvalue weighted by Gasteiger charge is 2.25. The van der Waals surface area contributed by atoms with E-state index in [1.54, 1.807) is 31.2 Å². The Morgan fingerprint density at radius 2 is 2.00 bits per heavy atom. The predicted molar refractivity (Wildman–Crippen MR) is 143 cm³/mol. The Morgan fingerprint density at radius 3 is 2.67 bits per heavy atom. The largest absolute Gasteiger partial charge is 0.471 e. The molecule has 0 fully saturated rings. The van der Waals surface area contributed by atoms with Gasteiger partial charge in [0.2, 0.25) is 5.75 Å². The number of ether oxygens (including phenoxy) is 2. The Labute approximate surface area is 223 Å². The monoisotopic (exact) mass is 622 g/mol. The van der Waals surface area contributed by atoms with Crippen LogP contribution in [0.1, 0.15) is 45.0 Å². The molecular weight excluding hydrogens is 600 g/mol. The van der Waals surface area contributed by atoms with Gasteiger partial charge in [0.25, 0.3) is 5.56 Å². The molecule has 3 aromatic rings. The van der Waals surface area contributed by atoms with Gasteiger partial charge in [0.05, 0.1) is 28.6 Å². The summed E-state index contributed by atoms with van der Waals surface area (Å²) in [5.74, 6) is -0.382. The van der Waals surface area contributed by atoms with E-state index in [9.17, 15) is 19.7 Å². The number of aromatic nitrogens is 2. The van der Waals surface area contributed by atoms with Crippen LogP contribution in [-0.2, 0) is 16.0 Å². The second-order valence-corrected chi connectivity index (χ2v) is 9.60. The van der Waals surface area contributed by atoms with Crippen molar-refractivity contribution < 1.29 is 19.2 Å². The van der Waals surface area contributed by atoms with Crippen LogP contribution in [0.2, 0.25) is 0 Å². The van der Waals surface area contributed by atoms with Crippen LogP contribution in [-0.4, -0.2) is 39.5 Å². The zero-order chi connectivity index (χ0) is 26.4. The lowest BCUT2D eigenvalue weighted by molar-refractivity contribution is -0.386. The number of hydrogen-bond donors (Lipinski definition) is 0. The molecule has 0 N–H and O–H groups in total. The van der Waals surface area contributed by atoms with Crippen LogP contribution in [0.5, 0.6) is 5.75 Å². The number of unbranched alkanes of at least 4 members (excludes halogenated alkanes) is 1. The van der Waals surface area contributed by atoms with Gasteiger partial charge in [-0.05, 0) is 44.5 Å². The highest BCUT2D eigenvalue weighted by molar-refractivity contribution is 9.10. The summed E-state index contributed by atoms with van der Waals surface area (Å²) in [4.78, 5) is 41.2. The molecule has 0 radical (unpaired) electrons. The van der Waals surface area contributed by atoms with Gasteiger partial charge in [-0.15, -0.1) is 0 Å². The third kappa shape index (κ3) is 6.35. The normalized spacial score (nSPS) is 12.1. The summed E-state index contributed by atoms with van der Waals surface area (Å²) in [7, 11) is 0. The Kier molecular flexibility index (Phi) is 9.32. The number of benzene rings is 2. The molecule has 12 heteroatoms. The van der Waals surface area contributed by atoms with E-state index in [0.29, 0.717) is 27.6 Å². The predicted octanol–water partition coefficient (Wildman–Crippen LogP) is 5.38. The van der Waals surface area contributed by atoms with Gasteiger partial charge >= 0.3 is 11.7 Å². The summed E-state index contributed by atoms with van der Waals surface area (Å²) in [6.45, 7) is 5.24. The highest BCUT2D eigenvalue weighted by Crippen LogP contribution is 2.34. The van der Waals surface area contributed by atoms with Crippen molar-refractivity contribution in [3.05, 3.63) is 71.1 Å². The minimum absolute atomic E-state index is 0.137. The first-order valence-corrected chi connectivity index (χ1v) is 12.8. The molecule has 0 unspecified atom stereocenters. The summed E-state index contributed by atoms with van der Waals surface area (Å²) in [5.41, 5.74) is -0.0161. The number of nitrogens with zero attached hydrogens (tertiary/aromatic N) is 4. The summed E-state index contributed by atoms with van der Waals surface area (Å²) in [6.07, 6.45) is 2.36. The average Bonchev–Trinajstić information content (AvgIpc) is 2.83. The van der Waals surface area contributed by atoms with Crippen molar-refractivity contribution in [2.75, 3.05) is 6.61 Å². The molecule has 0 aliphatic carbocycles. The molecule has 36 heavy (non-hydrogen) atoms. The summed E-state index contributed by atoms with van der Waals surface area (Å²) in [5, 5.41) is 16.5. The van der Waals surface area contributed by atoms with Crippen LogP contribution in [0, 0.1) is 10.1 Å². The molecular formula is C24H24Br2N4O6. The molecule has 0 aliphatic heterocycles. The van der Waals surface area contributed by atoms with Crippen molar-refractivity contribution in [3.63, 3.8) is 0 Å². The summed E-state index contributed by atoms with van der Waals surface area (Å²) < 4.78 is 12.9. The molecule has 1 aromatic heterocycles. The van der Waals surface area contributed by atoms with Crippen LogP contribution in [0.4, 0.5) is 5.69 Å². The highest BCUT2D eigenvalue weighted by atomic mass is 79.9. The van der Waals surface area contributed by atoms with Gasteiger partial charge in [-0.1, -0.05) is 45.2 Å². The van der Waals surface area contributed by atoms with E-state index in [1.165, 1.54) is 23.9 Å². The molecule has 0 saturated heterocycles. The van der Waals surface area contributed by atoms with Crippen LogP contribution in [0.25, 0.3) is 10.9 Å². The van der Waals surface area contributed by atoms with E-state index in [1.807, 2.05) is 6.92 Å². The fourth-order valence-corrected chi connectivity index (χ4v) is 4.20. The quantitative estimate of drug-likeness (QED) is 0.128. The number of carbonyl (C=O) groups excluding carboxylic acids is 1. The van der Waals surface area contributed by atoms with Gasteiger partial charge in [0.1, 0.15) is 5.82 Å². The first-order chi connectivity index (χ1) is 17.2. The number of hydrogen-bond acceptors (Lipinski definition) is 8. The zero-order valence-electron chi connectivity index (χ0n) is 19.9. The van der Waals surface area contributed by atoms with E-state index in [0.717, 1.165) is 17.3 Å². The van der Waals surface area contributed by atoms with Crippen LogP contribution in [0.3, 0.4) is 0 Å². The molecule has 1 atom stereocenters. The van der Waals surface area contributed by atoms with E-state index in [2.05, 4.69) is 41.9 Å². The number of esters is 1. The molecule has 1 heterocycles. The number of nitro benzene ring substituents is 1. The number of carbonyl (C=O) groups is 1. The minimum atomic E-state index is -1.11. The van der Waals surface area contributed by atoms with Crippen molar-refractivity contribution in [1.29, 1.82) is 0 Å². The van der Waals surface area contributed by atoms with Crippen molar-refractivity contribution in [2.24, 2.45) is 5.10 Å². The topological polar surface area (TPSA) is 126 Å². The molecule has 0 bridgehead atoms. The molecule has 190 valence electrons. The maximum atomic E-state index is 13.3. The Balaban J connectivity index is 2.16. The van der Waals surface area contributed by atoms with Gasteiger partial charge in [0, 0.05) is 27.0 Å². The molecule has 10 nitrogen and oxygen atoms in total. The molecule has 0 aliphatic rings. The van der Waals surface area contributed by atoms with E-state index < -0.39 is 17.0 Å². The summed E-state index contributed by atoms with van der Waals surface area (Å²) >= 11 is 6.64. The number of fused-ring (bicyclic) bond motifs is 1.